The lowest BCUT2D eigenvalue weighted by Crippen LogP contribution is -2.43. The number of phosphoric acid groups is 1. The first kappa shape index (κ1) is 26.1. The second-order valence-corrected chi connectivity index (χ2v) is 11.3. The highest BCUT2D eigenvalue weighted by Gasteiger charge is 2.58. The Bertz CT molecular complexity index is 1210. The zero-order valence-electron chi connectivity index (χ0n) is 19.8. The molecule has 0 amide bonds. The smallest absolute Gasteiger partial charge is 0.432 e. The number of rotatable bonds is 6. The molecule has 0 bridgehead atoms. The van der Waals surface area contributed by atoms with Crippen LogP contribution >= 0.6 is 19.2 Å². The summed E-state index contributed by atoms with van der Waals surface area (Å²) in [7, 11) is -4.22. The molecule has 12 nitrogen and oxygen atoms in total. The molecule has 0 aliphatic carbocycles. The lowest BCUT2D eigenvalue weighted by Gasteiger charge is -2.30. The van der Waals surface area contributed by atoms with E-state index in [1.165, 1.54) is 18.3 Å². The van der Waals surface area contributed by atoms with Crippen molar-refractivity contribution in [3.05, 3.63) is 26.0 Å². The van der Waals surface area contributed by atoms with Crippen molar-refractivity contribution in [3.63, 3.8) is 0 Å². The molecule has 4 N–H and O–H groups in total. The number of ether oxygens (including phenoxy) is 3. The number of phosphoric ester groups is 1. The molecular weight excluding hydrogens is 503 g/mol. The summed E-state index contributed by atoms with van der Waals surface area (Å²) in [6.45, 7) is 5.83. The molecule has 2 aliphatic rings. The van der Waals surface area contributed by atoms with Crippen LogP contribution in [0.25, 0.3) is 10.9 Å². The van der Waals surface area contributed by atoms with Gasteiger partial charge in [-0.2, -0.15) is 0 Å². The number of aromatic amines is 1. The van der Waals surface area contributed by atoms with Crippen molar-refractivity contribution in [2.45, 2.75) is 70.6 Å². The van der Waals surface area contributed by atoms with Gasteiger partial charge >= 0.3 is 14.0 Å². The summed E-state index contributed by atoms with van der Waals surface area (Å²) >= 11 is 1.25. The summed E-state index contributed by atoms with van der Waals surface area (Å²) in [6.07, 6.45) is -3.36. The van der Waals surface area contributed by atoms with Gasteiger partial charge in [0.1, 0.15) is 23.6 Å². The van der Waals surface area contributed by atoms with E-state index < -0.39 is 50.8 Å². The van der Waals surface area contributed by atoms with Crippen molar-refractivity contribution in [2.24, 2.45) is 0 Å². The van der Waals surface area contributed by atoms with E-state index in [4.69, 9.17) is 33.5 Å². The van der Waals surface area contributed by atoms with Crippen LogP contribution in [0.15, 0.2) is 10.2 Å². The number of carbonyl (C=O) groups is 1. The fourth-order valence-electron chi connectivity index (χ4n) is 4.22. The van der Waals surface area contributed by atoms with Crippen molar-refractivity contribution >= 4 is 42.0 Å². The summed E-state index contributed by atoms with van der Waals surface area (Å²) in [4.78, 5) is 28.0. The fraction of sp³-hybridized carbons (Fsp3) is 0.619. The second-order valence-electron chi connectivity index (χ2n) is 8.77. The molecule has 35 heavy (non-hydrogen) atoms. The number of H-pyrrole nitrogens is 1. The van der Waals surface area contributed by atoms with Crippen molar-refractivity contribution in [2.75, 3.05) is 19.1 Å². The molecule has 2 fully saturated rings. The maximum atomic E-state index is 13.1. The number of fused-ring (bicyclic) bond motifs is 2. The normalized spacial score (nSPS) is 30.9. The zero-order chi connectivity index (χ0) is 25.5. The minimum Gasteiger partial charge on any atom is -0.432 e. The summed E-state index contributed by atoms with van der Waals surface area (Å²) < 4.78 is 44.8. The molecule has 0 spiro atoms. The highest BCUT2D eigenvalue weighted by molar-refractivity contribution is 7.48. The number of nitrogens with two attached hydrogens (primary N) is 1. The lowest BCUT2D eigenvalue weighted by atomic mass is 9.90. The molecule has 0 radical (unpaired) electrons. The van der Waals surface area contributed by atoms with E-state index in [0.29, 0.717) is 27.8 Å². The van der Waals surface area contributed by atoms with Gasteiger partial charge < -0.3 is 30.0 Å². The summed E-state index contributed by atoms with van der Waals surface area (Å²) in [5, 5.41) is 13.6. The Morgan fingerprint density at radius 2 is 2.20 bits per heavy atom. The monoisotopic (exact) mass is 532 g/mol. The van der Waals surface area contributed by atoms with E-state index in [1.807, 2.05) is 6.92 Å². The first-order chi connectivity index (χ1) is 16.5. The Hall–Kier alpha value is -1.99. The highest BCUT2D eigenvalue weighted by Crippen LogP contribution is 2.58. The Balaban J connectivity index is 1.56. The van der Waals surface area contributed by atoms with Crippen LogP contribution in [0, 0.1) is 0 Å². The molecule has 2 aliphatic heterocycles. The van der Waals surface area contributed by atoms with Gasteiger partial charge in [-0.25, -0.2) is 13.9 Å². The molecule has 4 heterocycles. The largest absolute Gasteiger partial charge is 0.510 e. The Morgan fingerprint density at radius 1 is 1.46 bits per heavy atom. The topological polar surface area (TPSA) is 169 Å². The number of aliphatic hydroxyl groups is 1. The van der Waals surface area contributed by atoms with Gasteiger partial charge in [0.15, 0.2) is 5.43 Å². The van der Waals surface area contributed by atoms with Crippen LogP contribution in [0.5, 0.6) is 0 Å². The van der Waals surface area contributed by atoms with Crippen LogP contribution in [0.2, 0.25) is 0 Å². The van der Waals surface area contributed by atoms with Crippen LogP contribution < -0.4 is 11.2 Å². The van der Waals surface area contributed by atoms with Crippen LogP contribution in [0.4, 0.5) is 10.6 Å². The van der Waals surface area contributed by atoms with E-state index in [0.717, 1.165) is 0 Å². The van der Waals surface area contributed by atoms with Crippen molar-refractivity contribution in [1.82, 2.24) is 4.98 Å². The fourth-order valence-corrected chi connectivity index (χ4v) is 6.72. The molecular formula is C21H29N2O10PS. The molecule has 194 valence electrons. The summed E-state index contributed by atoms with van der Waals surface area (Å²) in [5.41, 5.74) is 5.18. The van der Waals surface area contributed by atoms with E-state index >= 15 is 0 Å². The standard InChI is InChI=1S/C21H29N2O10PS/c1-5-11-15(24)12-8-35-16(14(12)23-19(11)22)18-21(4,26)17-13(32-18)6-7-29-34(27,33-17)30-9-28-20(25)31-10(2)3/h8,10,13,17-18,23,26H,5-7,9,22H2,1-4H3. The van der Waals surface area contributed by atoms with Crippen LogP contribution in [-0.2, 0) is 38.8 Å². The van der Waals surface area contributed by atoms with Crippen LogP contribution in [-0.4, -0.2) is 53.6 Å². The number of hydrogen-bond donors (Lipinski definition) is 3. The minimum atomic E-state index is -4.22. The molecule has 5 unspecified atom stereocenters. The number of nitrogens with one attached hydrogen (secondary N) is 1. The average molecular weight is 533 g/mol. The van der Waals surface area contributed by atoms with Crippen molar-refractivity contribution in [1.29, 1.82) is 0 Å². The van der Waals surface area contributed by atoms with Gasteiger partial charge in [0, 0.05) is 17.4 Å². The van der Waals surface area contributed by atoms with Crippen molar-refractivity contribution in [3.8, 4) is 0 Å². The van der Waals surface area contributed by atoms with Crippen LogP contribution in [0.1, 0.15) is 50.7 Å². The van der Waals surface area contributed by atoms with Gasteiger partial charge in [0.05, 0.1) is 34.6 Å². The predicted molar refractivity (Wildman–Crippen MR) is 126 cm³/mol. The quantitative estimate of drug-likeness (QED) is 0.283. The zero-order valence-corrected chi connectivity index (χ0v) is 21.5. The Morgan fingerprint density at radius 3 is 2.89 bits per heavy atom. The minimum absolute atomic E-state index is 0.0491. The SMILES string of the molecule is CCc1c(N)[nH]c2c(C3OC4CCOP(=O)(OCOC(=O)OC(C)C)OC4C3(C)O)scc2c1=O. The van der Waals surface area contributed by atoms with Gasteiger partial charge in [-0.3, -0.25) is 13.8 Å². The summed E-state index contributed by atoms with van der Waals surface area (Å²) in [6, 6.07) is 0. The molecule has 2 saturated heterocycles. The average Bonchev–Trinajstić information content (AvgIpc) is 3.20. The number of thiophene rings is 1. The van der Waals surface area contributed by atoms with Crippen LogP contribution in [0.3, 0.4) is 0 Å². The number of anilines is 1. The second kappa shape index (κ2) is 9.81. The maximum absolute atomic E-state index is 13.1. The van der Waals surface area contributed by atoms with Crippen molar-refractivity contribution < 1.29 is 42.2 Å². The lowest BCUT2D eigenvalue weighted by molar-refractivity contribution is -0.0722. The maximum Gasteiger partial charge on any atom is 0.510 e. The van der Waals surface area contributed by atoms with E-state index in [2.05, 4.69) is 4.98 Å². The van der Waals surface area contributed by atoms with Gasteiger partial charge in [0.2, 0.25) is 6.79 Å². The number of aromatic nitrogens is 1. The first-order valence-electron chi connectivity index (χ1n) is 11.2. The summed E-state index contributed by atoms with van der Waals surface area (Å²) in [5.74, 6) is 0.259. The predicted octanol–water partition coefficient (Wildman–Crippen LogP) is 3.37. The molecule has 5 atom stereocenters. The van der Waals surface area contributed by atoms with E-state index in [9.17, 15) is 19.3 Å². The number of nitrogen functional groups attached to an aromatic ring is 1. The molecule has 14 heteroatoms. The molecule has 2 aromatic rings. The highest BCUT2D eigenvalue weighted by atomic mass is 32.1. The Kier molecular flexibility index (Phi) is 7.31. The van der Waals surface area contributed by atoms with Gasteiger partial charge in [-0.15, -0.1) is 11.3 Å². The Labute approximate surface area is 205 Å². The van der Waals surface area contributed by atoms with Gasteiger partial charge in [-0.1, -0.05) is 6.92 Å². The van der Waals surface area contributed by atoms with Gasteiger partial charge in [0.25, 0.3) is 0 Å². The third-order valence-corrected chi connectivity index (χ3v) is 8.32. The van der Waals surface area contributed by atoms with E-state index in [-0.39, 0.29) is 24.3 Å². The third-order valence-electron chi connectivity index (χ3n) is 5.88. The molecule has 0 aromatic carbocycles. The molecule has 2 aromatic heterocycles. The first-order valence-corrected chi connectivity index (χ1v) is 13.5. The third kappa shape index (κ3) is 4.99. The number of pyridine rings is 1. The molecule has 4 rings (SSSR count). The number of hydrogen-bond acceptors (Lipinski definition) is 12. The number of carbonyl (C=O) groups excluding carboxylic acids is 1. The van der Waals surface area contributed by atoms with E-state index in [1.54, 1.807) is 19.2 Å². The van der Waals surface area contributed by atoms with Gasteiger partial charge in [-0.05, 0) is 27.2 Å². The molecule has 0 saturated carbocycles.